The van der Waals surface area contributed by atoms with Gasteiger partial charge in [-0.05, 0) is 51.3 Å². The molecule has 1 saturated carbocycles. The molecule has 1 aromatic rings. The molecule has 1 fully saturated rings. The average Bonchev–Trinajstić information content (AvgIpc) is 2.31. The molecular weight excluding hydrogens is 318 g/mol. The number of hydrogen-bond acceptors (Lipinski definition) is 3. The van der Waals surface area contributed by atoms with E-state index in [9.17, 15) is 14.7 Å². The lowest BCUT2D eigenvalue weighted by molar-refractivity contribution is -0.139. The summed E-state index contributed by atoms with van der Waals surface area (Å²) in [6, 6.07) is 5.17. The van der Waals surface area contributed by atoms with Gasteiger partial charge in [-0.1, -0.05) is 24.1 Å². The second-order valence-corrected chi connectivity index (χ2v) is 7.46. The Kier molecular flexibility index (Phi) is 4.90. The van der Waals surface area contributed by atoms with E-state index in [2.05, 4.69) is 5.32 Å². The van der Waals surface area contributed by atoms with Crippen LogP contribution in [-0.2, 0) is 14.9 Å². The summed E-state index contributed by atoms with van der Waals surface area (Å²) in [5, 5.41) is 12.4. The quantitative estimate of drug-likeness (QED) is 0.841. The van der Waals surface area contributed by atoms with E-state index in [1.54, 1.807) is 39.0 Å². The van der Waals surface area contributed by atoms with Crippen LogP contribution in [0.4, 0.5) is 10.5 Å². The lowest BCUT2D eigenvalue weighted by Gasteiger charge is -2.42. The standard InChI is InChI=1S/C17H22ClNO4/c1-16(2,3)23-15(22)19-13-9-11(18)5-6-12(13)17(7-4-8-17)10-14(20)21/h5-6,9H,4,7-8,10H2,1-3H3,(H,19,22)(H,20,21). The molecule has 0 aliphatic heterocycles. The first-order chi connectivity index (χ1) is 10.6. The molecule has 2 N–H and O–H groups in total. The molecule has 126 valence electrons. The molecule has 23 heavy (non-hydrogen) atoms. The molecule has 0 spiro atoms. The Bertz CT molecular complexity index is 618. The second kappa shape index (κ2) is 6.40. The molecule has 0 saturated heterocycles. The van der Waals surface area contributed by atoms with Gasteiger partial charge in [-0.15, -0.1) is 0 Å². The Labute approximate surface area is 141 Å². The lowest BCUT2D eigenvalue weighted by Crippen LogP contribution is -2.38. The molecule has 0 radical (unpaired) electrons. The topological polar surface area (TPSA) is 75.6 Å². The van der Waals surface area contributed by atoms with Crippen LogP contribution < -0.4 is 5.32 Å². The summed E-state index contributed by atoms with van der Waals surface area (Å²) in [6.07, 6.45) is 2.00. The van der Waals surface area contributed by atoms with E-state index in [1.165, 1.54) is 0 Å². The van der Waals surface area contributed by atoms with Crippen LogP contribution in [0.3, 0.4) is 0 Å². The third-order valence-corrected chi connectivity index (χ3v) is 4.22. The van der Waals surface area contributed by atoms with Gasteiger partial charge in [0.1, 0.15) is 5.60 Å². The van der Waals surface area contributed by atoms with Crippen LogP contribution in [0.1, 0.15) is 52.0 Å². The van der Waals surface area contributed by atoms with E-state index in [0.29, 0.717) is 10.7 Å². The third kappa shape index (κ3) is 4.38. The van der Waals surface area contributed by atoms with Crippen molar-refractivity contribution < 1.29 is 19.4 Å². The molecule has 2 rings (SSSR count). The number of anilines is 1. The minimum absolute atomic E-state index is 0.0393. The summed E-state index contributed by atoms with van der Waals surface area (Å²) in [7, 11) is 0. The number of hydrogen-bond donors (Lipinski definition) is 2. The van der Waals surface area contributed by atoms with Crippen molar-refractivity contribution in [3.8, 4) is 0 Å². The summed E-state index contributed by atoms with van der Waals surface area (Å²) >= 11 is 6.04. The van der Waals surface area contributed by atoms with Crippen molar-refractivity contribution in [2.24, 2.45) is 0 Å². The number of ether oxygens (including phenoxy) is 1. The fraction of sp³-hybridized carbons (Fsp3) is 0.529. The van der Waals surface area contributed by atoms with Gasteiger partial charge in [-0.25, -0.2) is 4.79 Å². The van der Waals surface area contributed by atoms with Crippen LogP contribution in [0.15, 0.2) is 18.2 Å². The molecule has 1 aliphatic carbocycles. The minimum Gasteiger partial charge on any atom is -0.481 e. The van der Waals surface area contributed by atoms with Crippen molar-refractivity contribution in [2.75, 3.05) is 5.32 Å². The van der Waals surface area contributed by atoms with Crippen molar-refractivity contribution in [1.29, 1.82) is 0 Å². The molecule has 1 aromatic carbocycles. The van der Waals surface area contributed by atoms with Crippen LogP contribution in [-0.4, -0.2) is 22.8 Å². The van der Waals surface area contributed by atoms with Crippen LogP contribution in [0.2, 0.25) is 5.02 Å². The minimum atomic E-state index is -0.845. The van der Waals surface area contributed by atoms with Crippen molar-refractivity contribution >= 4 is 29.4 Å². The Morgan fingerprint density at radius 2 is 2.00 bits per heavy atom. The largest absolute Gasteiger partial charge is 0.481 e. The molecule has 1 amide bonds. The zero-order valence-corrected chi connectivity index (χ0v) is 14.4. The number of carboxylic acids is 1. The number of rotatable bonds is 4. The van der Waals surface area contributed by atoms with E-state index in [0.717, 1.165) is 24.8 Å². The Balaban J connectivity index is 2.30. The van der Waals surface area contributed by atoms with Gasteiger partial charge in [0, 0.05) is 16.1 Å². The van der Waals surface area contributed by atoms with E-state index in [4.69, 9.17) is 16.3 Å². The SMILES string of the molecule is CC(C)(C)OC(=O)Nc1cc(Cl)ccc1C1(CC(=O)O)CCC1. The van der Waals surface area contributed by atoms with Gasteiger partial charge >= 0.3 is 12.1 Å². The molecule has 0 heterocycles. The predicted molar refractivity (Wildman–Crippen MR) is 89.1 cm³/mol. The summed E-state index contributed by atoms with van der Waals surface area (Å²) in [5.74, 6) is -0.845. The smallest absolute Gasteiger partial charge is 0.412 e. The van der Waals surface area contributed by atoms with Crippen molar-refractivity contribution in [3.05, 3.63) is 28.8 Å². The number of aliphatic carboxylic acids is 1. The van der Waals surface area contributed by atoms with Gasteiger partial charge in [-0.3, -0.25) is 10.1 Å². The van der Waals surface area contributed by atoms with Crippen LogP contribution in [0, 0.1) is 0 Å². The second-order valence-electron chi connectivity index (χ2n) is 7.02. The van der Waals surface area contributed by atoms with E-state index in [-0.39, 0.29) is 6.42 Å². The number of halogens is 1. The predicted octanol–water partition coefficient (Wildman–Crippen LogP) is 4.58. The first-order valence-electron chi connectivity index (χ1n) is 7.63. The third-order valence-electron chi connectivity index (χ3n) is 3.99. The maximum atomic E-state index is 12.1. The molecule has 0 unspecified atom stereocenters. The fourth-order valence-electron chi connectivity index (χ4n) is 2.93. The fourth-order valence-corrected chi connectivity index (χ4v) is 3.10. The van der Waals surface area contributed by atoms with Crippen LogP contribution in [0.5, 0.6) is 0 Å². The van der Waals surface area contributed by atoms with E-state index >= 15 is 0 Å². The Morgan fingerprint density at radius 3 is 2.48 bits per heavy atom. The van der Waals surface area contributed by atoms with E-state index in [1.807, 2.05) is 0 Å². The zero-order valence-electron chi connectivity index (χ0n) is 13.6. The normalized spacial score (nSPS) is 16.3. The number of carbonyl (C=O) groups excluding carboxylic acids is 1. The first kappa shape index (κ1) is 17.6. The maximum Gasteiger partial charge on any atom is 0.412 e. The highest BCUT2D eigenvalue weighted by atomic mass is 35.5. The number of carbonyl (C=O) groups is 2. The number of carboxylic acid groups (broad SMARTS) is 1. The summed E-state index contributed by atoms with van der Waals surface area (Å²) < 4.78 is 5.27. The molecule has 0 atom stereocenters. The average molecular weight is 340 g/mol. The first-order valence-corrected chi connectivity index (χ1v) is 8.01. The number of nitrogens with one attached hydrogen (secondary N) is 1. The van der Waals surface area contributed by atoms with Crippen LogP contribution in [0.25, 0.3) is 0 Å². The Hall–Kier alpha value is -1.75. The summed E-state index contributed by atoms with van der Waals surface area (Å²) in [6.45, 7) is 5.34. The highest BCUT2D eigenvalue weighted by Crippen LogP contribution is 2.49. The van der Waals surface area contributed by atoms with Crippen molar-refractivity contribution in [1.82, 2.24) is 0 Å². The van der Waals surface area contributed by atoms with Gasteiger partial charge in [-0.2, -0.15) is 0 Å². The highest BCUT2D eigenvalue weighted by Gasteiger charge is 2.42. The van der Waals surface area contributed by atoms with Crippen LogP contribution >= 0.6 is 11.6 Å². The zero-order chi connectivity index (χ0) is 17.3. The molecule has 6 heteroatoms. The summed E-state index contributed by atoms with van der Waals surface area (Å²) in [5.41, 5.74) is 0.271. The Morgan fingerprint density at radius 1 is 1.35 bits per heavy atom. The van der Waals surface area contributed by atoms with E-state index < -0.39 is 23.1 Å². The molecule has 5 nitrogen and oxygen atoms in total. The molecule has 1 aliphatic rings. The van der Waals surface area contributed by atoms with Crippen molar-refractivity contribution in [2.45, 2.75) is 57.5 Å². The van der Waals surface area contributed by atoms with Gasteiger partial charge in [0.05, 0.1) is 6.42 Å². The molecule has 0 bridgehead atoms. The van der Waals surface area contributed by atoms with Gasteiger partial charge < -0.3 is 9.84 Å². The molecule has 0 aromatic heterocycles. The number of amides is 1. The monoisotopic (exact) mass is 339 g/mol. The maximum absolute atomic E-state index is 12.1. The lowest BCUT2D eigenvalue weighted by atomic mass is 9.62. The number of benzene rings is 1. The van der Waals surface area contributed by atoms with Gasteiger partial charge in [0.15, 0.2) is 0 Å². The highest BCUT2D eigenvalue weighted by molar-refractivity contribution is 6.31. The van der Waals surface area contributed by atoms with Gasteiger partial charge in [0.25, 0.3) is 0 Å². The molecular formula is C17H22ClNO4. The van der Waals surface area contributed by atoms with Crippen molar-refractivity contribution in [3.63, 3.8) is 0 Å². The summed E-state index contributed by atoms with van der Waals surface area (Å²) in [4.78, 5) is 23.3. The van der Waals surface area contributed by atoms with Gasteiger partial charge in [0.2, 0.25) is 0 Å².